The van der Waals surface area contributed by atoms with Gasteiger partial charge in [0.1, 0.15) is 5.60 Å². The molecule has 1 amide bonds. The fourth-order valence-corrected chi connectivity index (χ4v) is 3.07. The highest BCUT2D eigenvalue weighted by Crippen LogP contribution is 2.38. The summed E-state index contributed by atoms with van der Waals surface area (Å²) < 4.78 is 5.49. The average molecular weight is 347 g/mol. The van der Waals surface area contributed by atoms with E-state index in [2.05, 4.69) is 32.9 Å². The van der Waals surface area contributed by atoms with Crippen molar-refractivity contribution in [2.24, 2.45) is 5.92 Å². The van der Waals surface area contributed by atoms with Gasteiger partial charge in [-0.25, -0.2) is 4.79 Å². The van der Waals surface area contributed by atoms with Crippen LogP contribution in [0.5, 0.6) is 0 Å². The molecule has 1 heterocycles. The smallest absolute Gasteiger partial charge is 0.410 e. The topological polar surface area (TPSA) is 66.8 Å². The molecular formula is C20H29NO4. The van der Waals surface area contributed by atoms with Crippen LogP contribution in [0.3, 0.4) is 0 Å². The molecule has 0 spiro atoms. The SMILES string of the molecule is CC(C)(C)OC(=O)N1CC(C(=O)O)CC1c1cccc(C(C)(C)C)c1. The van der Waals surface area contributed by atoms with Crippen molar-refractivity contribution in [2.45, 2.75) is 65.0 Å². The highest BCUT2D eigenvalue weighted by Gasteiger charge is 2.41. The number of carboxylic acid groups (broad SMARTS) is 1. The molecule has 2 unspecified atom stereocenters. The third-order valence-electron chi connectivity index (χ3n) is 4.42. The number of carbonyl (C=O) groups is 2. The van der Waals surface area contributed by atoms with Crippen LogP contribution in [0, 0.1) is 5.92 Å². The fourth-order valence-electron chi connectivity index (χ4n) is 3.07. The summed E-state index contributed by atoms with van der Waals surface area (Å²) in [4.78, 5) is 25.6. The molecular weight excluding hydrogens is 318 g/mol. The van der Waals surface area contributed by atoms with E-state index < -0.39 is 23.6 Å². The number of likely N-dealkylation sites (tertiary alicyclic amines) is 1. The van der Waals surface area contributed by atoms with Gasteiger partial charge in [-0.1, -0.05) is 45.0 Å². The van der Waals surface area contributed by atoms with E-state index in [-0.39, 0.29) is 18.0 Å². The zero-order valence-corrected chi connectivity index (χ0v) is 16.0. The summed E-state index contributed by atoms with van der Waals surface area (Å²) in [5.74, 6) is -1.45. The number of carboxylic acids is 1. The Morgan fingerprint density at radius 3 is 2.32 bits per heavy atom. The highest BCUT2D eigenvalue weighted by atomic mass is 16.6. The second kappa shape index (κ2) is 6.70. The monoisotopic (exact) mass is 347 g/mol. The minimum absolute atomic E-state index is 0.0163. The molecule has 5 nitrogen and oxygen atoms in total. The minimum atomic E-state index is -0.872. The van der Waals surface area contributed by atoms with Crippen LogP contribution in [0.15, 0.2) is 24.3 Å². The molecule has 1 fully saturated rings. The molecule has 25 heavy (non-hydrogen) atoms. The lowest BCUT2D eigenvalue weighted by Crippen LogP contribution is -2.37. The summed E-state index contributed by atoms with van der Waals surface area (Å²) in [6, 6.07) is 7.79. The van der Waals surface area contributed by atoms with E-state index >= 15 is 0 Å². The number of amides is 1. The number of carbonyl (C=O) groups excluding carboxylic acids is 1. The molecule has 5 heteroatoms. The molecule has 0 saturated carbocycles. The number of hydrogen-bond donors (Lipinski definition) is 1. The standard InChI is InChI=1S/C20H29NO4/c1-19(2,3)15-9-7-8-13(10-15)16-11-14(17(22)23)12-21(16)18(24)25-20(4,5)6/h7-10,14,16H,11-12H2,1-6H3,(H,22,23). The number of hydrogen-bond acceptors (Lipinski definition) is 3. The lowest BCUT2D eigenvalue weighted by atomic mass is 9.85. The zero-order chi connectivity index (χ0) is 19.0. The van der Waals surface area contributed by atoms with Crippen LogP contribution < -0.4 is 0 Å². The van der Waals surface area contributed by atoms with Crippen molar-refractivity contribution in [1.82, 2.24) is 4.90 Å². The van der Waals surface area contributed by atoms with E-state index in [1.807, 2.05) is 32.9 Å². The Morgan fingerprint density at radius 1 is 1.16 bits per heavy atom. The molecule has 0 aromatic heterocycles. The molecule has 0 aliphatic carbocycles. The predicted molar refractivity (Wildman–Crippen MR) is 96.6 cm³/mol. The van der Waals surface area contributed by atoms with Gasteiger partial charge in [-0.15, -0.1) is 0 Å². The van der Waals surface area contributed by atoms with Crippen molar-refractivity contribution in [2.75, 3.05) is 6.54 Å². The highest BCUT2D eigenvalue weighted by molar-refractivity contribution is 5.75. The Hall–Kier alpha value is -2.04. The van der Waals surface area contributed by atoms with Crippen molar-refractivity contribution < 1.29 is 19.4 Å². The molecule has 1 N–H and O–H groups in total. The van der Waals surface area contributed by atoms with E-state index in [0.717, 1.165) is 11.1 Å². The first-order chi connectivity index (χ1) is 11.4. The van der Waals surface area contributed by atoms with Crippen LogP contribution >= 0.6 is 0 Å². The van der Waals surface area contributed by atoms with E-state index in [1.165, 1.54) is 0 Å². The van der Waals surface area contributed by atoms with Gasteiger partial charge in [-0.3, -0.25) is 4.79 Å². The average Bonchev–Trinajstić information content (AvgIpc) is 2.90. The fraction of sp³-hybridized carbons (Fsp3) is 0.600. The van der Waals surface area contributed by atoms with Gasteiger partial charge in [0.25, 0.3) is 0 Å². The number of benzene rings is 1. The Morgan fingerprint density at radius 2 is 1.80 bits per heavy atom. The van der Waals surface area contributed by atoms with Gasteiger partial charge in [0, 0.05) is 6.54 Å². The number of rotatable bonds is 2. The predicted octanol–water partition coefficient (Wildman–Crippen LogP) is 4.37. The Balaban J connectivity index is 2.35. The number of aliphatic carboxylic acids is 1. The number of nitrogens with zero attached hydrogens (tertiary/aromatic N) is 1. The third kappa shape index (κ3) is 4.74. The third-order valence-corrected chi connectivity index (χ3v) is 4.42. The quantitative estimate of drug-likeness (QED) is 0.863. The van der Waals surface area contributed by atoms with Crippen molar-refractivity contribution in [3.63, 3.8) is 0 Å². The Bertz CT molecular complexity index is 654. The van der Waals surface area contributed by atoms with Gasteiger partial charge in [0.05, 0.1) is 12.0 Å². The van der Waals surface area contributed by atoms with E-state index in [9.17, 15) is 14.7 Å². The molecule has 2 atom stereocenters. The lowest BCUT2D eigenvalue weighted by Gasteiger charge is -2.29. The minimum Gasteiger partial charge on any atom is -0.481 e. The molecule has 0 radical (unpaired) electrons. The van der Waals surface area contributed by atoms with Crippen LogP contribution in [0.25, 0.3) is 0 Å². The maximum atomic E-state index is 12.6. The van der Waals surface area contributed by atoms with E-state index in [4.69, 9.17) is 4.74 Å². The summed E-state index contributed by atoms with van der Waals surface area (Å²) >= 11 is 0. The molecule has 1 aliphatic heterocycles. The largest absolute Gasteiger partial charge is 0.481 e. The summed E-state index contributed by atoms with van der Waals surface area (Å²) in [5, 5.41) is 9.42. The molecule has 138 valence electrons. The van der Waals surface area contributed by atoms with Crippen LogP contribution in [0.2, 0.25) is 0 Å². The summed E-state index contributed by atoms with van der Waals surface area (Å²) in [5.41, 5.74) is 1.49. The van der Waals surface area contributed by atoms with Gasteiger partial charge >= 0.3 is 12.1 Å². The van der Waals surface area contributed by atoms with Crippen molar-refractivity contribution in [3.05, 3.63) is 35.4 Å². The first-order valence-corrected chi connectivity index (χ1v) is 8.71. The molecule has 1 aromatic rings. The van der Waals surface area contributed by atoms with Crippen molar-refractivity contribution >= 4 is 12.1 Å². The first-order valence-electron chi connectivity index (χ1n) is 8.71. The zero-order valence-electron chi connectivity index (χ0n) is 16.0. The normalized spacial score (nSPS) is 21.3. The van der Waals surface area contributed by atoms with Crippen LogP contribution in [0.1, 0.15) is 65.1 Å². The molecule has 2 rings (SSSR count). The van der Waals surface area contributed by atoms with Crippen LogP contribution in [-0.2, 0) is 14.9 Å². The van der Waals surface area contributed by atoms with Gasteiger partial charge in [-0.05, 0) is 43.7 Å². The summed E-state index contributed by atoms with van der Waals surface area (Å²) in [6.07, 6.45) is -0.0512. The van der Waals surface area contributed by atoms with Gasteiger partial charge < -0.3 is 14.7 Å². The van der Waals surface area contributed by atoms with Crippen LogP contribution in [-0.4, -0.2) is 34.2 Å². The van der Waals surface area contributed by atoms with Gasteiger partial charge in [-0.2, -0.15) is 0 Å². The summed E-state index contributed by atoms with van der Waals surface area (Å²) in [6.45, 7) is 12.0. The van der Waals surface area contributed by atoms with E-state index in [0.29, 0.717) is 6.42 Å². The molecule has 1 aromatic carbocycles. The second-order valence-corrected chi connectivity index (χ2v) is 8.79. The first kappa shape index (κ1) is 19.3. The van der Waals surface area contributed by atoms with E-state index in [1.54, 1.807) is 4.90 Å². The number of ether oxygens (including phenoxy) is 1. The Kier molecular flexibility index (Phi) is 5.17. The van der Waals surface area contributed by atoms with Gasteiger partial charge in [0.2, 0.25) is 0 Å². The van der Waals surface area contributed by atoms with Crippen molar-refractivity contribution in [1.29, 1.82) is 0 Å². The molecule has 1 saturated heterocycles. The van der Waals surface area contributed by atoms with Crippen molar-refractivity contribution in [3.8, 4) is 0 Å². The molecule has 1 aliphatic rings. The lowest BCUT2D eigenvalue weighted by molar-refractivity contribution is -0.141. The van der Waals surface area contributed by atoms with Crippen LogP contribution in [0.4, 0.5) is 4.79 Å². The Labute approximate surface area is 150 Å². The maximum absolute atomic E-state index is 12.6. The van der Waals surface area contributed by atoms with Gasteiger partial charge in [0.15, 0.2) is 0 Å². The maximum Gasteiger partial charge on any atom is 0.410 e. The molecule has 0 bridgehead atoms. The summed E-state index contributed by atoms with van der Waals surface area (Å²) in [7, 11) is 0. The second-order valence-electron chi connectivity index (χ2n) is 8.79.